The molecule has 0 radical (unpaired) electrons. The number of thiazole rings is 1. The van der Waals surface area contributed by atoms with E-state index in [1.165, 1.54) is 11.3 Å². The second-order valence-corrected chi connectivity index (χ2v) is 7.76. The van der Waals surface area contributed by atoms with Crippen molar-refractivity contribution >= 4 is 32.6 Å². The Bertz CT molecular complexity index is 731. The number of rotatable bonds is 6. The van der Waals surface area contributed by atoms with Gasteiger partial charge in [0.2, 0.25) is 5.91 Å². The molecule has 1 aromatic carbocycles. The minimum absolute atomic E-state index is 0.0322. The van der Waals surface area contributed by atoms with Gasteiger partial charge < -0.3 is 19.9 Å². The maximum absolute atomic E-state index is 12.7. The van der Waals surface area contributed by atoms with Gasteiger partial charge in [0.1, 0.15) is 5.75 Å². The summed E-state index contributed by atoms with van der Waals surface area (Å²) >= 11 is 1.47. The highest BCUT2D eigenvalue weighted by Crippen LogP contribution is 2.33. The smallest absolute Gasteiger partial charge is 0.230 e. The highest BCUT2D eigenvalue weighted by Gasteiger charge is 2.26. The number of likely N-dealkylation sites (N-methyl/N-ethyl adjacent to an activating group) is 1. The maximum Gasteiger partial charge on any atom is 0.230 e. The quantitative estimate of drug-likeness (QED) is 0.856. The number of aromatic nitrogens is 1. The van der Waals surface area contributed by atoms with Gasteiger partial charge in [-0.05, 0) is 45.6 Å². The zero-order valence-corrected chi connectivity index (χ0v) is 15.9. The van der Waals surface area contributed by atoms with Crippen LogP contribution in [0.2, 0.25) is 0 Å². The van der Waals surface area contributed by atoms with Crippen molar-refractivity contribution in [3.63, 3.8) is 0 Å². The molecule has 1 amide bonds. The summed E-state index contributed by atoms with van der Waals surface area (Å²) in [6.07, 6.45) is 2.01. The fourth-order valence-corrected chi connectivity index (χ4v) is 4.12. The van der Waals surface area contributed by atoms with Gasteiger partial charge in [0.25, 0.3) is 0 Å². The number of fused-ring (bicyclic) bond motifs is 1. The van der Waals surface area contributed by atoms with Crippen molar-refractivity contribution in [2.24, 2.45) is 5.92 Å². The van der Waals surface area contributed by atoms with Crippen LogP contribution in [0.1, 0.15) is 12.8 Å². The fourth-order valence-electron chi connectivity index (χ4n) is 3.16. The molecule has 6 nitrogen and oxygen atoms in total. The molecule has 1 unspecified atom stereocenters. The Balaban J connectivity index is 1.63. The van der Waals surface area contributed by atoms with Crippen LogP contribution in [0.3, 0.4) is 0 Å². The number of hydrogen-bond acceptors (Lipinski definition) is 6. The van der Waals surface area contributed by atoms with Crippen LogP contribution in [0, 0.1) is 5.92 Å². The van der Waals surface area contributed by atoms with E-state index < -0.39 is 0 Å². The highest BCUT2D eigenvalue weighted by atomic mass is 32.1. The third-order valence-electron chi connectivity index (χ3n) is 4.57. The molecule has 0 aliphatic carbocycles. The molecular formula is C18H26N4O2S. The number of methoxy groups -OCH3 is 1. The molecule has 2 heterocycles. The molecule has 7 heteroatoms. The van der Waals surface area contributed by atoms with E-state index in [2.05, 4.69) is 34.2 Å². The van der Waals surface area contributed by atoms with E-state index in [9.17, 15) is 4.79 Å². The molecule has 1 aromatic heterocycles. The molecule has 0 bridgehead atoms. The average Bonchev–Trinajstić information content (AvgIpc) is 3.02. The molecule has 1 aliphatic heterocycles. The van der Waals surface area contributed by atoms with Gasteiger partial charge in [-0.3, -0.25) is 4.79 Å². The van der Waals surface area contributed by atoms with Gasteiger partial charge in [0, 0.05) is 19.6 Å². The molecule has 25 heavy (non-hydrogen) atoms. The number of ether oxygens (including phenoxy) is 1. The van der Waals surface area contributed by atoms with Crippen LogP contribution in [0.25, 0.3) is 10.2 Å². The van der Waals surface area contributed by atoms with E-state index >= 15 is 0 Å². The minimum Gasteiger partial charge on any atom is -0.495 e. The van der Waals surface area contributed by atoms with Crippen molar-refractivity contribution in [3.8, 4) is 5.75 Å². The number of hydrogen-bond donors (Lipinski definition) is 1. The Hall–Kier alpha value is -1.70. The number of carbonyl (C=O) groups excluding carboxylic acids is 1. The Morgan fingerprint density at radius 3 is 3.08 bits per heavy atom. The van der Waals surface area contributed by atoms with Gasteiger partial charge in [-0.1, -0.05) is 17.4 Å². The van der Waals surface area contributed by atoms with E-state index in [0.29, 0.717) is 5.13 Å². The fraction of sp³-hybridized carbons (Fsp3) is 0.556. The number of nitrogens with zero attached hydrogens (tertiary/aromatic N) is 3. The zero-order chi connectivity index (χ0) is 17.8. The van der Waals surface area contributed by atoms with Gasteiger partial charge in [-0.25, -0.2) is 4.98 Å². The van der Waals surface area contributed by atoms with Crippen molar-refractivity contribution in [1.82, 2.24) is 14.8 Å². The summed E-state index contributed by atoms with van der Waals surface area (Å²) in [4.78, 5) is 21.8. The highest BCUT2D eigenvalue weighted by molar-refractivity contribution is 7.22. The Morgan fingerprint density at radius 2 is 2.32 bits per heavy atom. The van der Waals surface area contributed by atoms with Gasteiger partial charge in [0.05, 0.1) is 23.2 Å². The van der Waals surface area contributed by atoms with Gasteiger partial charge >= 0.3 is 0 Å². The topological polar surface area (TPSA) is 57.7 Å². The summed E-state index contributed by atoms with van der Waals surface area (Å²) in [7, 11) is 5.81. The number of piperidine rings is 1. The lowest BCUT2D eigenvalue weighted by Gasteiger charge is -2.32. The second-order valence-electron chi connectivity index (χ2n) is 6.76. The first kappa shape index (κ1) is 18.1. The van der Waals surface area contributed by atoms with Crippen molar-refractivity contribution in [2.75, 3.05) is 52.7 Å². The van der Waals surface area contributed by atoms with Crippen LogP contribution in [-0.2, 0) is 4.79 Å². The Labute approximate surface area is 152 Å². The zero-order valence-electron chi connectivity index (χ0n) is 15.1. The van der Waals surface area contributed by atoms with E-state index in [4.69, 9.17) is 4.74 Å². The molecular weight excluding hydrogens is 336 g/mol. The van der Waals surface area contributed by atoms with Gasteiger partial charge in [-0.15, -0.1) is 0 Å². The molecule has 1 saturated heterocycles. The summed E-state index contributed by atoms with van der Waals surface area (Å²) in [6.45, 7) is 3.94. The molecule has 1 atom stereocenters. The normalized spacial score (nSPS) is 18.6. The molecule has 1 fully saturated rings. The monoisotopic (exact) mass is 362 g/mol. The summed E-state index contributed by atoms with van der Waals surface area (Å²) in [6, 6.07) is 5.76. The number of carbonyl (C=O) groups is 1. The summed E-state index contributed by atoms with van der Waals surface area (Å²) in [5.74, 6) is 0.903. The van der Waals surface area contributed by atoms with Crippen LogP contribution in [-0.4, -0.2) is 68.1 Å². The first-order chi connectivity index (χ1) is 12.1. The first-order valence-corrected chi connectivity index (χ1v) is 9.50. The molecule has 136 valence electrons. The summed E-state index contributed by atoms with van der Waals surface area (Å²) in [5.41, 5.74) is 0.857. The predicted octanol–water partition coefficient (Wildman–Crippen LogP) is 2.52. The summed E-state index contributed by atoms with van der Waals surface area (Å²) < 4.78 is 6.34. The lowest BCUT2D eigenvalue weighted by Crippen LogP contribution is -2.43. The average molecular weight is 362 g/mol. The Morgan fingerprint density at radius 1 is 1.48 bits per heavy atom. The van der Waals surface area contributed by atoms with E-state index in [-0.39, 0.29) is 11.8 Å². The first-order valence-electron chi connectivity index (χ1n) is 8.68. The largest absolute Gasteiger partial charge is 0.495 e. The van der Waals surface area contributed by atoms with Crippen LogP contribution in [0.15, 0.2) is 18.2 Å². The number of benzene rings is 1. The van der Waals surface area contributed by atoms with E-state index in [1.54, 1.807) is 7.11 Å². The molecule has 2 aromatic rings. The SMILES string of the molecule is COc1cccc2nc(NC(=O)C3CCCN(CCN(C)C)C3)sc12. The third-order valence-corrected chi connectivity index (χ3v) is 5.57. The number of likely N-dealkylation sites (tertiary alicyclic amines) is 1. The lowest BCUT2D eigenvalue weighted by atomic mass is 9.97. The number of anilines is 1. The molecule has 1 N–H and O–H groups in total. The van der Waals surface area contributed by atoms with Crippen LogP contribution in [0.5, 0.6) is 5.75 Å². The van der Waals surface area contributed by atoms with Crippen LogP contribution >= 0.6 is 11.3 Å². The van der Waals surface area contributed by atoms with Crippen LogP contribution < -0.4 is 10.1 Å². The minimum atomic E-state index is 0.0322. The molecule has 3 rings (SSSR count). The Kier molecular flexibility index (Phi) is 5.88. The molecule has 0 spiro atoms. The van der Waals surface area contributed by atoms with Crippen molar-refractivity contribution in [2.45, 2.75) is 12.8 Å². The molecule has 1 aliphatic rings. The number of amides is 1. The van der Waals surface area contributed by atoms with E-state index in [1.807, 2.05) is 18.2 Å². The predicted molar refractivity (Wildman–Crippen MR) is 103 cm³/mol. The van der Waals surface area contributed by atoms with Crippen molar-refractivity contribution in [1.29, 1.82) is 0 Å². The third kappa shape index (κ3) is 4.48. The second kappa shape index (κ2) is 8.12. The van der Waals surface area contributed by atoms with E-state index in [0.717, 1.165) is 55.0 Å². The number of nitrogens with one attached hydrogen (secondary N) is 1. The molecule has 0 saturated carbocycles. The van der Waals surface area contributed by atoms with Crippen molar-refractivity contribution in [3.05, 3.63) is 18.2 Å². The van der Waals surface area contributed by atoms with Crippen LogP contribution in [0.4, 0.5) is 5.13 Å². The van der Waals surface area contributed by atoms with Gasteiger partial charge in [0.15, 0.2) is 5.13 Å². The summed E-state index contributed by atoms with van der Waals surface area (Å²) in [5, 5.41) is 3.66. The maximum atomic E-state index is 12.7. The van der Waals surface area contributed by atoms with Crippen molar-refractivity contribution < 1.29 is 9.53 Å². The lowest BCUT2D eigenvalue weighted by molar-refractivity contribution is -0.121. The standard InChI is InChI=1S/C18H26N4O2S/c1-21(2)10-11-22-9-5-6-13(12-22)17(23)20-18-19-14-7-4-8-15(24-3)16(14)25-18/h4,7-8,13H,5-6,9-12H2,1-3H3,(H,19,20,23). The van der Waals surface area contributed by atoms with Gasteiger partial charge in [-0.2, -0.15) is 0 Å².